The first-order valence-electron chi connectivity index (χ1n) is 10.8. The maximum atomic E-state index is 14.5. The lowest BCUT2D eigenvalue weighted by atomic mass is 10.1. The minimum absolute atomic E-state index is 0.119. The van der Waals surface area contributed by atoms with E-state index in [1.54, 1.807) is 6.07 Å². The van der Waals surface area contributed by atoms with Gasteiger partial charge < -0.3 is 19.9 Å². The summed E-state index contributed by atoms with van der Waals surface area (Å²) in [5.41, 5.74) is 0.839. The molecule has 1 unspecified atom stereocenters. The lowest BCUT2D eigenvalue weighted by Gasteiger charge is -2.19. The summed E-state index contributed by atoms with van der Waals surface area (Å²) in [6.45, 7) is 7.87. The predicted octanol–water partition coefficient (Wildman–Crippen LogP) is 3.65. The Bertz CT molecular complexity index is 861. The summed E-state index contributed by atoms with van der Waals surface area (Å²) in [5, 5.41) is 15.0. The van der Waals surface area contributed by atoms with Crippen LogP contribution in [0, 0.1) is 18.7 Å². The van der Waals surface area contributed by atoms with Gasteiger partial charge in [-0.1, -0.05) is 19.4 Å². The largest absolute Gasteiger partial charge is 0.490 e. The van der Waals surface area contributed by atoms with Crippen LogP contribution in [0.3, 0.4) is 0 Å². The molecule has 0 spiro atoms. The van der Waals surface area contributed by atoms with Gasteiger partial charge in [0.25, 0.3) is 0 Å². The molecule has 2 aromatic rings. The van der Waals surface area contributed by atoms with Crippen molar-refractivity contribution in [1.29, 1.82) is 0 Å². The third kappa shape index (κ3) is 6.18. The van der Waals surface area contributed by atoms with E-state index in [1.807, 2.05) is 31.5 Å². The van der Waals surface area contributed by atoms with E-state index in [-0.39, 0.29) is 11.9 Å². The van der Waals surface area contributed by atoms with Gasteiger partial charge in [0.2, 0.25) is 0 Å². The van der Waals surface area contributed by atoms with Crippen molar-refractivity contribution in [3.8, 4) is 5.75 Å². The Labute approximate surface area is 178 Å². The SMILES string of the molecule is CCCCNC(=NCc1nnc(C)n1C)NC(C)c1ccc(OCC2CC2)c(F)c1. The highest BCUT2D eigenvalue weighted by Gasteiger charge is 2.22. The third-order valence-electron chi connectivity index (χ3n) is 5.36. The lowest BCUT2D eigenvalue weighted by Crippen LogP contribution is -2.39. The molecule has 2 N–H and O–H groups in total. The maximum Gasteiger partial charge on any atom is 0.192 e. The molecular weight excluding hydrogens is 383 g/mol. The van der Waals surface area contributed by atoms with Crippen molar-refractivity contribution in [2.45, 2.75) is 59.0 Å². The monoisotopic (exact) mass is 416 g/mol. The molecule has 1 aromatic carbocycles. The molecule has 0 amide bonds. The van der Waals surface area contributed by atoms with Crippen LogP contribution in [0.5, 0.6) is 5.75 Å². The molecule has 1 atom stereocenters. The van der Waals surface area contributed by atoms with E-state index < -0.39 is 0 Å². The van der Waals surface area contributed by atoms with E-state index in [1.165, 1.54) is 18.9 Å². The number of hydrogen-bond donors (Lipinski definition) is 2. The average molecular weight is 417 g/mol. The van der Waals surface area contributed by atoms with Crippen LogP contribution in [-0.4, -0.2) is 33.9 Å². The second kappa shape index (κ2) is 10.4. The van der Waals surface area contributed by atoms with Gasteiger partial charge in [0.1, 0.15) is 12.4 Å². The zero-order valence-corrected chi connectivity index (χ0v) is 18.4. The normalized spacial score (nSPS) is 15.2. The number of guanidine groups is 1. The first kappa shape index (κ1) is 22.1. The number of aromatic nitrogens is 3. The number of nitrogens with one attached hydrogen (secondary N) is 2. The fourth-order valence-corrected chi connectivity index (χ4v) is 2.96. The molecule has 1 fully saturated rings. The van der Waals surface area contributed by atoms with Gasteiger partial charge in [-0.2, -0.15) is 0 Å². The average Bonchev–Trinajstić information content (AvgIpc) is 3.51. The van der Waals surface area contributed by atoms with Crippen LogP contribution in [0.25, 0.3) is 0 Å². The molecule has 1 heterocycles. The van der Waals surface area contributed by atoms with E-state index in [2.05, 4.69) is 32.7 Å². The summed E-state index contributed by atoms with van der Waals surface area (Å²) in [6.07, 6.45) is 4.50. The van der Waals surface area contributed by atoms with Crippen LogP contribution in [0.15, 0.2) is 23.2 Å². The topological polar surface area (TPSA) is 76.4 Å². The Balaban J connectivity index is 1.65. The lowest BCUT2D eigenvalue weighted by molar-refractivity contribution is 0.285. The van der Waals surface area contributed by atoms with E-state index in [4.69, 9.17) is 4.74 Å². The van der Waals surface area contributed by atoms with E-state index in [0.29, 0.717) is 30.8 Å². The number of hydrogen-bond acceptors (Lipinski definition) is 4. The number of rotatable bonds is 10. The number of nitrogens with zero attached hydrogens (tertiary/aromatic N) is 4. The minimum Gasteiger partial charge on any atom is -0.490 e. The van der Waals surface area contributed by atoms with Gasteiger partial charge in [0.05, 0.1) is 12.6 Å². The van der Waals surface area contributed by atoms with Gasteiger partial charge in [0, 0.05) is 13.6 Å². The summed E-state index contributed by atoms with van der Waals surface area (Å²) in [4.78, 5) is 4.65. The van der Waals surface area contributed by atoms with Crippen molar-refractivity contribution in [1.82, 2.24) is 25.4 Å². The Hall–Kier alpha value is -2.64. The minimum atomic E-state index is -0.325. The molecule has 0 saturated heterocycles. The van der Waals surface area contributed by atoms with Gasteiger partial charge in [-0.25, -0.2) is 9.38 Å². The second-order valence-electron chi connectivity index (χ2n) is 7.98. The van der Waals surface area contributed by atoms with Gasteiger partial charge in [0.15, 0.2) is 23.4 Å². The molecule has 164 valence electrons. The summed E-state index contributed by atoms with van der Waals surface area (Å²) in [6, 6.07) is 5.04. The van der Waals surface area contributed by atoms with Crippen molar-refractivity contribution in [2.24, 2.45) is 18.0 Å². The summed E-state index contributed by atoms with van der Waals surface area (Å²) < 4.78 is 22.0. The van der Waals surface area contributed by atoms with Crippen molar-refractivity contribution >= 4 is 5.96 Å². The highest BCUT2D eigenvalue weighted by atomic mass is 19.1. The number of ether oxygens (including phenoxy) is 1. The number of halogens is 1. The van der Waals surface area contributed by atoms with Crippen molar-refractivity contribution in [3.05, 3.63) is 41.2 Å². The molecule has 8 heteroatoms. The van der Waals surface area contributed by atoms with E-state index in [9.17, 15) is 4.39 Å². The molecule has 1 aliphatic carbocycles. The Kier molecular flexibility index (Phi) is 7.65. The van der Waals surface area contributed by atoms with E-state index in [0.717, 1.165) is 36.6 Å². The molecule has 0 radical (unpaired) electrons. The van der Waals surface area contributed by atoms with E-state index >= 15 is 0 Å². The molecule has 0 aliphatic heterocycles. The molecule has 3 rings (SSSR count). The van der Waals surface area contributed by atoms with Crippen LogP contribution in [0.2, 0.25) is 0 Å². The first-order valence-corrected chi connectivity index (χ1v) is 10.8. The molecule has 1 aromatic heterocycles. The maximum absolute atomic E-state index is 14.5. The molecular formula is C22H33FN6O. The van der Waals surface area contributed by atoms with Gasteiger partial charge in [-0.3, -0.25) is 0 Å². The zero-order valence-electron chi connectivity index (χ0n) is 18.4. The second-order valence-corrected chi connectivity index (χ2v) is 7.98. The highest BCUT2D eigenvalue weighted by molar-refractivity contribution is 5.80. The van der Waals surface area contributed by atoms with Gasteiger partial charge >= 0.3 is 0 Å². The molecule has 0 bridgehead atoms. The standard InChI is InChI=1S/C22H33FN6O/c1-5-6-11-24-22(25-13-21-28-27-16(3)29(21)4)26-15(2)18-9-10-20(19(23)12-18)30-14-17-7-8-17/h9-10,12,15,17H,5-8,11,13-14H2,1-4H3,(H2,24,25,26). The summed E-state index contributed by atoms with van der Waals surface area (Å²) in [7, 11) is 1.93. The van der Waals surface area contributed by atoms with Crippen molar-refractivity contribution in [3.63, 3.8) is 0 Å². The zero-order chi connectivity index (χ0) is 21.5. The van der Waals surface area contributed by atoms with Gasteiger partial charge in [-0.05, 0) is 56.7 Å². The molecule has 30 heavy (non-hydrogen) atoms. The Morgan fingerprint density at radius 2 is 2.17 bits per heavy atom. The Morgan fingerprint density at radius 1 is 1.37 bits per heavy atom. The van der Waals surface area contributed by atoms with Crippen molar-refractivity contribution < 1.29 is 9.13 Å². The van der Waals surface area contributed by atoms with Gasteiger partial charge in [-0.15, -0.1) is 10.2 Å². The predicted molar refractivity (Wildman–Crippen MR) is 116 cm³/mol. The number of aliphatic imine (C=N–C) groups is 1. The molecule has 7 nitrogen and oxygen atoms in total. The van der Waals surface area contributed by atoms with Crippen molar-refractivity contribution in [2.75, 3.05) is 13.2 Å². The smallest absolute Gasteiger partial charge is 0.192 e. The summed E-state index contributed by atoms with van der Waals surface area (Å²) >= 11 is 0. The third-order valence-corrected chi connectivity index (χ3v) is 5.36. The molecule has 1 aliphatic rings. The summed E-state index contributed by atoms with van der Waals surface area (Å²) in [5.74, 6) is 2.90. The van der Waals surface area contributed by atoms with Crippen LogP contribution < -0.4 is 15.4 Å². The van der Waals surface area contributed by atoms with Crippen LogP contribution in [0.4, 0.5) is 4.39 Å². The number of aryl methyl sites for hydroxylation is 1. The van der Waals surface area contributed by atoms with Crippen LogP contribution in [0.1, 0.15) is 62.8 Å². The highest BCUT2D eigenvalue weighted by Crippen LogP contribution is 2.30. The first-order chi connectivity index (χ1) is 14.5. The fourth-order valence-electron chi connectivity index (χ4n) is 2.96. The number of unbranched alkanes of at least 4 members (excludes halogenated alkanes) is 1. The van der Waals surface area contributed by atoms with Crippen LogP contribution >= 0.6 is 0 Å². The fraction of sp³-hybridized carbons (Fsp3) is 0.591. The number of benzene rings is 1. The quantitative estimate of drug-likeness (QED) is 0.351. The van der Waals surface area contributed by atoms with Crippen LogP contribution in [-0.2, 0) is 13.6 Å². The molecule has 1 saturated carbocycles. The Morgan fingerprint density at radius 3 is 2.80 bits per heavy atom.